The summed E-state index contributed by atoms with van der Waals surface area (Å²) >= 11 is 1.66. The Balaban J connectivity index is 1.54. The van der Waals surface area contributed by atoms with Gasteiger partial charge in [0, 0.05) is 23.4 Å². The van der Waals surface area contributed by atoms with E-state index in [2.05, 4.69) is 13.0 Å². The predicted molar refractivity (Wildman–Crippen MR) is 115 cm³/mol. The number of fused-ring (bicyclic) bond motifs is 1. The minimum Gasteiger partial charge on any atom is -0.454 e. The Morgan fingerprint density at radius 1 is 1.13 bits per heavy atom. The van der Waals surface area contributed by atoms with E-state index in [1.54, 1.807) is 16.2 Å². The van der Waals surface area contributed by atoms with Crippen LogP contribution < -0.4 is 9.47 Å². The van der Waals surface area contributed by atoms with Gasteiger partial charge < -0.3 is 19.3 Å². The monoisotopic (exact) mass is 428 g/mol. The molecule has 6 nitrogen and oxygen atoms in total. The van der Waals surface area contributed by atoms with Crippen LogP contribution in [0.25, 0.3) is 0 Å². The van der Waals surface area contributed by atoms with Crippen LogP contribution >= 0.6 is 11.3 Å². The SMILES string of the molecule is Cc1ccsc1CN(Cc1ccc2c(c1)OCO2)C(=O)CN(C(=O)C(C)C)C1CC1. The second-order valence-electron chi connectivity index (χ2n) is 8.32. The van der Waals surface area contributed by atoms with Crippen LogP contribution in [0.3, 0.4) is 0 Å². The van der Waals surface area contributed by atoms with Crippen molar-refractivity contribution in [2.75, 3.05) is 13.3 Å². The predicted octanol–water partition coefficient (Wildman–Crippen LogP) is 3.96. The molecule has 4 rings (SSSR count). The first-order valence-electron chi connectivity index (χ1n) is 10.4. The molecule has 2 heterocycles. The van der Waals surface area contributed by atoms with Gasteiger partial charge in [-0.3, -0.25) is 9.59 Å². The zero-order chi connectivity index (χ0) is 21.3. The third-order valence-electron chi connectivity index (χ3n) is 5.54. The van der Waals surface area contributed by atoms with Crippen molar-refractivity contribution < 1.29 is 19.1 Å². The smallest absolute Gasteiger partial charge is 0.242 e. The number of ether oxygens (including phenoxy) is 2. The molecule has 1 aromatic heterocycles. The average molecular weight is 429 g/mol. The molecule has 1 aromatic carbocycles. The Bertz CT molecular complexity index is 935. The molecule has 30 heavy (non-hydrogen) atoms. The molecular weight excluding hydrogens is 400 g/mol. The Kier molecular flexibility index (Phi) is 5.99. The lowest BCUT2D eigenvalue weighted by atomic mass is 10.1. The van der Waals surface area contributed by atoms with Gasteiger partial charge in [0.2, 0.25) is 18.6 Å². The van der Waals surface area contributed by atoms with E-state index in [0.29, 0.717) is 18.8 Å². The third kappa shape index (κ3) is 4.61. The summed E-state index contributed by atoms with van der Waals surface area (Å²) in [6.45, 7) is 7.20. The molecule has 1 aliphatic heterocycles. The summed E-state index contributed by atoms with van der Waals surface area (Å²) in [6.07, 6.45) is 1.97. The highest BCUT2D eigenvalue weighted by Gasteiger charge is 2.35. The summed E-state index contributed by atoms with van der Waals surface area (Å²) in [6, 6.07) is 8.06. The van der Waals surface area contributed by atoms with Gasteiger partial charge in [-0.05, 0) is 54.5 Å². The number of carbonyl (C=O) groups excluding carboxylic acids is 2. The van der Waals surface area contributed by atoms with E-state index < -0.39 is 0 Å². The molecule has 1 saturated carbocycles. The maximum Gasteiger partial charge on any atom is 0.242 e. The number of nitrogens with zero attached hydrogens (tertiary/aromatic N) is 2. The number of amides is 2. The van der Waals surface area contributed by atoms with Gasteiger partial charge >= 0.3 is 0 Å². The van der Waals surface area contributed by atoms with Crippen LogP contribution in [0.2, 0.25) is 0 Å². The molecule has 0 spiro atoms. The Labute approximate surface area is 181 Å². The lowest BCUT2D eigenvalue weighted by Gasteiger charge is -2.29. The Morgan fingerprint density at radius 2 is 1.90 bits per heavy atom. The van der Waals surface area contributed by atoms with Crippen molar-refractivity contribution in [3.8, 4) is 11.5 Å². The fourth-order valence-electron chi connectivity index (χ4n) is 3.58. The van der Waals surface area contributed by atoms with Crippen LogP contribution in [0, 0.1) is 12.8 Å². The molecule has 0 N–H and O–H groups in total. The standard InChI is InChI=1S/C23H28N2O4S/c1-15(2)23(27)25(18-5-6-18)13-22(26)24(12-21-16(3)8-9-30-21)11-17-4-7-19-20(10-17)29-14-28-19/h4,7-10,15,18H,5-6,11-14H2,1-3H3. The van der Waals surface area contributed by atoms with E-state index in [-0.39, 0.29) is 37.1 Å². The van der Waals surface area contributed by atoms with E-state index in [1.165, 1.54) is 5.56 Å². The largest absolute Gasteiger partial charge is 0.454 e. The van der Waals surface area contributed by atoms with Crippen molar-refractivity contribution in [2.45, 2.75) is 52.7 Å². The van der Waals surface area contributed by atoms with Gasteiger partial charge in [0.15, 0.2) is 11.5 Å². The first kappa shape index (κ1) is 20.7. The van der Waals surface area contributed by atoms with Crippen molar-refractivity contribution in [1.29, 1.82) is 0 Å². The summed E-state index contributed by atoms with van der Waals surface area (Å²) in [4.78, 5) is 30.8. The summed E-state index contributed by atoms with van der Waals surface area (Å²) in [5.74, 6) is 1.36. The van der Waals surface area contributed by atoms with Crippen molar-refractivity contribution in [3.05, 3.63) is 45.6 Å². The Hall–Kier alpha value is -2.54. The second-order valence-corrected chi connectivity index (χ2v) is 9.32. The average Bonchev–Trinajstić information content (AvgIpc) is 3.32. The first-order valence-corrected chi connectivity index (χ1v) is 11.3. The molecule has 7 heteroatoms. The van der Waals surface area contributed by atoms with Crippen molar-refractivity contribution in [1.82, 2.24) is 9.80 Å². The number of rotatable bonds is 8. The van der Waals surface area contributed by atoms with Crippen molar-refractivity contribution in [2.24, 2.45) is 5.92 Å². The lowest BCUT2D eigenvalue weighted by Crippen LogP contribution is -2.44. The molecule has 160 valence electrons. The fourth-order valence-corrected chi connectivity index (χ4v) is 4.50. The summed E-state index contributed by atoms with van der Waals surface area (Å²) < 4.78 is 10.9. The molecule has 2 aliphatic rings. The summed E-state index contributed by atoms with van der Waals surface area (Å²) in [7, 11) is 0. The van der Waals surface area contributed by atoms with E-state index in [1.807, 2.05) is 42.3 Å². The maximum absolute atomic E-state index is 13.4. The lowest BCUT2D eigenvalue weighted by molar-refractivity contribution is -0.143. The van der Waals surface area contributed by atoms with Crippen LogP contribution in [0.5, 0.6) is 11.5 Å². The molecule has 0 saturated heterocycles. The minimum atomic E-state index is -0.111. The highest BCUT2D eigenvalue weighted by molar-refractivity contribution is 7.10. The van der Waals surface area contributed by atoms with Crippen molar-refractivity contribution >= 4 is 23.2 Å². The van der Waals surface area contributed by atoms with E-state index in [4.69, 9.17) is 9.47 Å². The Morgan fingerprint density at radius 3 is 2.57 bits per heavy atom. The highest BCUT2D eigenvalue weighted by atomic mass is 32.1. The van der Waals surface area contributed by atoms with Gasteiger partial charge in [0.1, 0.15) is 6.54 Å². The molecule has 0 bridgehead atoms. The molecule has 2 aromatic rings. The third-order valence-corrected chi connectivity index (χ3v) is 6.54. The normalized spacial score (nSPS) is 14.8. The van der Waals surface area contributed by atoms with Gasteiger partial charge in [-0.15, -0.1) is 11.3 Å². The van der Waals surface area contributed by atoms with Gasteiger partial charge in [0.05, 0.1) is 6.54 Å². The van der Waals surface area contributed by atoms with Crippen LogP contribution in [0.4, 0.5) is 0 Å². The number of aryl methyl sites for hydroxylation is 1. The molecule has 2 amide bonds. The van der Waals surface area contributed by atoms with Crippen LogP contribution in [0.1, 0.15) is 42.7 Å². The number of thiophene rings is 1. The van der Waals surface area contributed by atoms with Gasteiger partial charge in [-0.25, -0.2) is 0 Å². The number of carbonyl (C=O) groups is 2. The molecular formula is C23H28N2O4S. The second kappa shape index (κ2) is 8.68. The minimum absolute atomic E-state index is 0.0265. The van der Waals surface area contributed by atoms with E-state index >= 15 is 0 Å². The molecule has 0 atom stereocenters. The van der Waals surface area contributed by atoms with Gasteiger partial charge in [-0.2, -0.15) is 0 Å². The molecule has 0 radical (unpaired) electrons. The maximum atomic E-state index is 13.4. The van der Waals surface area contributed by atoms with Crippen LogP contribution in [-0.2, 0) is 22.7 Å². The topological polar surface area (TPSA) is 59.1 Å². The van der Waals surface area contributed by atoms with Gasteiger partial charge in [-0.1, -0.05) is 19.9 Å². The van der Waals surface area contributed by atoms with Gasteiger partial charge in [0.25, 0.3) is 0 Å². The van der Waals surface area contributed by atoms with Crippen LogP contribution in [0.15, 0.2) is 29.6 Å². The molecule has 1 aliphatic carbocycles. The van der Waals surface area contributed by atoms with E-state index in [9.17, 15) is 9.59 Å². The number of hydrogen-bond acceptors (Lipinski definition) is 5. The molecule has 1 fully saturated rings. The summed E-state index contributed by atoms with van der Waals surface area (Å²) in [5, 5.41) is 2.05. The number of benzene rings is 1. The first-order chi connectivity index (χ1) is 14.4. The number of hydrogen-bond donors (Lipinski definition) is 0. The fraction of sp³-hybridized carbons (Fsp3) is 0.478. The van der Waals surface area contributed by atoms with Crippen LogP contribution in [-0.4, -0.2) is 41.0 Å². The summed E-state index contributed by atoms with van der Waals surface area (Å²) in [5.41, 5.74) is 2.16. The molecule has 0 unspecified atom stereocenters. The quantitative estimate of drug-likeness (QED) is 0.639. The highest BCUT2D eigenvalue weighted by Crippen LogP contribution is 2.33. The zero-order valence-electron chi connectivity index (χ0n) is 17.7. The van der Waals surface area contributed by atoms with E-state index in [0.717, 1.165) is 29.0 Å². The van der Waals surface area contributed by atoms with Crippen molar-refractivity contribution in [3.63, 3.8) is 0 Å². The zero-order valence-corrected chi connectivity index (χ0v) is 18.5.